The first-order valence-corrected chi connectivity index (χ1v) is 10.3. The smallest absolute Gasteiger partial charge is 0.247 e. The number of rotatable bonds is 2. The van der Waals surface area contributed by atoms with E-state index in [-0.39, 0.29) is 17.2 Å². The Hall–Kier alpha value is -1.55. The maximum Gasteiger partial charge on any atom is 0.247 e. The van der Waals surface area contributed by atoms with Crippen LogP contribution in [0.15, 0.2) is 24.3 Å². The van der Waals surface area contributed by atoms with E-state index in [4.69, 9.17) is 11.6 Å². The summed E-state index contributed by atoms with van der Waals surface area (Å²) in [6, 6.07) is 6.82. The molecule has 1 N–H and O–H groups in total. The van der Waals surface area contributed by atoms with Crippen molar-refractivity contribution in [2.45, 2.75) is 44.6 Å². The molecule has 5 fully saturated rings. The number of carbonyl (C=O) groups excluding carboxylic acids is 2. The van der Waals surface area contributed by atoms with Crippen LogP contribution < -0.4 is 5.32 Å². The Balaban J connectivity index is 1.49. The summed E-state index contributed by atoms with van der Waals surface area (Å²) < 4.78 is 0. The number of piperazine rings is 1. The topological polar surface area (TPSA) is 49.4 Å². The zero-order chi connectivity index (χ0) is 17.9. The van der Waals surface area contributed by atoms with Crippen LogP contribution in [-0.4, -0.2) is 29.8 Å². The number of carbonyl (C=O) groups is 2. The molecule has 138 valence electrons. The molecule has 5 heteroatoms. The molecule has 1 saturated heterocycles. The average molecular weight is 373 g/mol. The molecule has 26 heavy (non-hydrogen) atoms. The van der Waals surface area contributed by atoms with Gasteiger partial charge in [0.25, 0.3) is 0 Å². The van der Waals surface area contributed by atoms with E-state index in [1.807, 2.05) is 23.1 Å². The predicted octanol–water partition coefficient (Wildman–Crippen LogP) is 3.56. The van der Waals surface area contributed by atoms with Crippen LogP contribution >= 0.6 is 11.6 Å². The Kier molecular flexibility index (Phi) is 3.82. The van der Waals surface area contributed by atoms with Crippen molar-refractivity contribution in [2.24, 2.45) is 23.2 Å². The third-order valence-corrected chi connectivity index (χ3v) is 7.36. The van der Waals surface area contributed by atoms with E-state index in [2.05, 4.69) is 5.32 Å². The number of amides is 2. The van der Waals surface area contributed by atoms with Crippen LogP contribution in [0, 0.1) is 23.2 Å². The summed E-state index contributed by atoms with van der Waals surface area (Å²) >= 11 is 6.16. The van der Waals surface area contributed by atoms with Gasteiger partial charge in [-0.2, -0.15) is 0 Å². The van der Waals surface area contributed by atoms with E-state index in [1.54, 1.807) is 6.07 Å². The maximum atomic E-state index is 13.8. The summed E-state index contributed by atoms with van der Waals surface area (Å²) in [7, 11) is 0. The molecule has 6 rings (SSSR count). The summed E-state index contributed by atoms with van der Waals surface area (Å²) in [4.78, 5) is 28.3. The monoisotopic (exact) mass is 372 g/mol. The number of hydrogen-bond acceptors (Lipinski definition) is 2. The second-order valence-corrected chi connectivity index (χ2v) is 9.38. The Morgan fingerprint density at radius 2 is 1.77 bits per heavy atom. The molecule has 1 heterocycles. The zero-order valence-electron chi connectivity index (χ0n) is 14.9. The lowest BCUT2D eigenvalue weighted by atomic mass is 9.49. The Labute approximate surface area is 159 Å². The summed E-state index contributed by atoms with van der Waals surface area (Å²) in [5.41, 5.74) is 0.594. The lowest BCUT2D eigenvalue weighted by Gasteiger charge is -2.57. The minimum Gasteiger partial charge on any atom is -0.352 e. The lowest BCUT2D eigenvalue weighted by Crippen LogP contribution is -2.59. The van der Waals surface area contributed by atoms with E-state index in [9.17, 15) is 9.59 Å². The fraction of sp³-hybridized carbons (Fsp3) is 0.619. The summed E-state index contributed by atoms with van der Waals surface area (Å²) in [6.07, 6.45) is 7.01. The van der Waals surface area contributed by atoms with Gasteiger partial charge in [0.05, 0.1) is 5.41 Å². The molecule has 0 spiro atoms. The van der Waals surface area contributed by atoms with Gasteiger partial charge in [-0.1, -0.05) is 23.7 Å². The van der Waals surface area contributed by atoms with Crippen LogP contribution in [0.4, 0.5) is 0 Å². The zero-order valence-corrected chi connectivity index (χ0v) is 15.7. The first-order chi connectivity index (χ1) is 12.5. The van der Waals surface area contributed by atoms with Gasteiger partial charge in [-0.15, -0.1) is 0 Å². The Morgan fingerprint density at radius 1 is 1.12 bits per heavy atom. The Bertz CT molecular complexity index is 727. The lowest BCUT2D eigenvalue weighted by molar-refractivity contribution is -0.164. The van der Waals surface area contributed by atoms with Gasteiger partial charge in [-0.3, -0.25) is 9.59 Å². The van der Waals surface area contributed by atoms with Gasteiger partial charge in [-0.25, -0.2) is 0 Å². The molecule has 4 bridgehead atoms. The molecule has 0 radical (unpaired) electrons. The summed E-state index contributed by atoms with van der Waals surface area (Å²) in [5.74, 6) is 2.28. The van der Waals surface area contributed by atoms with Crippen LogP contribution in [0.25, 0.3) is 0 Å². The molecule has 4 saturated carbocycles. The first kappa shape index (κ1) is 16.6. The van der Waals surface area contributed by atoms with Gasteiger partial charge in [0, 0.05) is 18.1 Å². The standard InChI is InChI=1S/C21H25ClN2O2/c22-17-3-1-2-16(9-17)18-19(25)23-4-5-24(18)20(26)21-10-13-6-14(11-21)8-15(7-13)12-21/h1-3,9,13-15,18H,4-8,10-12H2,(H,23,25). The van der Waals surface area contributed by atoms with E-state index in [1.165, 1.54) is 19.3 Å². The van der Waals surface area contributed by atoms with Gasteiger partial charge >= 0.3 is 0 Å². The number of nitrogens with one attached hydrogen (secondary N) is 1. The quantitative estimate of drug-likeness (QED) is 0.862. The molecule has 1 aliphatic heterocycles. The molecule has 5 aliphatic rings. The van der Waals surface area contributed by atoms with E-state index in [0.717, 1.165) is 24.8 Å². The molecule has 4 nitrogen and oxygen atoms in total. The number of hydrogen-bond donors (Lipinski definition) is 1. The fourth-order valence-electron chi connectivity index (χ4n) is 6.57. The van der Waals surface area contributed by atoms with Crippen molar-refractivity contribution in [3.63, 3.8) is 0 Å². The van der Waals surface area contributed by atoms with Crippen molar-refractivity contribution >= 4 is 23.4 Å². The number of benzene rings is 1. The second-order valence-electron chi connectivity index (χ2n) is 8.95. The highest BCUT2D eigenvalue weighted by atomic mass is 35.5. The molecular weight excluding hydrogens is 348 g/mol. The van der Waals surface area contributed by atoms with Crippen LogP contribution in [0.5, 0.6) is 0 Å². The molecule has 0 aromatic heterocycles. The van der Waals surface area contributed by atoms with Crippen molar-refractivity contribution in [2.75, 3.05) is 13.1 Å². The number of nitrogens with zero attached hydrogens (tertiary/aromatic N) is 1. The van der Waals surface area contributed by atoms with E-state index < -0.39 is 6.04 Å². The largest absolute Gasteiger partial charge is 0.352 e. The summed E-state index contributed by atoms with van der Waals surface area (Å²) in [6.45, 7) is 1.12. The van der Waals surface area contributed by atoms with Crippen LogP contribution in [0.1, 0.15) is 50.1 Å². The van der Waals surface area contributed by atoms with Crippen molar-refractivity contribution in [1.82, 2.24) is 10.2 Å². The molecule has 1 atom stereocenters. The van der Waals surface area contributed by atoms with Crippen molar-refractivity contribution in [1.29, 1.82) is 0 Å². The minimum absolute atomic E-state index is 0.0865. The maximum absolute atomic E-state index is 13.8. The SMILES string of the molecule is O=C1NCCN(C(=O)C23CC4CC(CC(C4)C2)C3)C1c1cccc(Cl)c1. The normalized spacial score (nSPS) is 38.3. The van der Waals surface area contributed by atoms with Crippen LogP contribution in [0.3, 0.4) is 0 Å². The Morgan fingerprint density at radius 3 is 2.38 bits per heavy atom. The van der Waals surface area contributed by atoms with Gasteiger partial charge < -0.3 is 10.2 Å². The highest BCUT2D eigenvalue weighted by molar-refractivity contribution is 6.30. The third kappa shape index (κ3) is 2.57. The molecule has 1 aromatic rings. The number of halogens is 1. The van der Waals surface area contributed by atoms with Gasteiger partial charge in [-0.05, 0) is 74.0 Å². The van der Waals surface area contributed by atoms with Crippen LogP contribution in [0.2, 0.25) is 5.02 Å². The van der Waals surface area contributed by atoms with Crippen molar-refractivity contribution in [3.05, 3.63) is 34.9 Å². The fourth-order valence-corrected chi connectivity index (χ4v) is 6.77. The summed E-state index contributed by atoms with van der Waals surface area (Å²) in [5, 5.41) is 3.53. The molecular formula is C21H25ClN2O2. The predicted molar refractivity (Wildman–Crippen MR) is 99.5 cm³/mol. The average Bonchev–Trinajstić information content (AvgIpc) is 2.59. The van der Waals surface area contributed by atoms with Crippen molar-refractivity contribution in [3.8, 4) is 0 Å². The third-order valence-electron chi connectivity index (χ3n) is 7.13. The van der Waals surface area contributed by atoms with Crippen LogP contribution in [-0.2, 0) is 9.59 Å². The highest BCUT2D eigenvalue weighted by Gasteiger charge is 2.56. The van der Waals surface area contributed by atoms with Crippen molar-refractivity contribution < 1.29 is 9.59 Å². The van der Waals surface area contributed by atoms with Gasteiger partial charge in [0.1, 0.15) is 6.04 Å². The molecule has 1 aromatic carbocycles. The van der Waals surface area contributed by atoms with E-state index >= 15 is 0 Å². The first-order valence-electron chi connectivity index (χ1n) is 9.88. The molecule has 4 aliphatic carbocycles. The molecule has 2 amide bonds. The minimum atomic E-state index is -0.553. The second kappa shape index (κ2) is 5.98. The molecule has 1 unspecified atom stereocenters. The highest BCUT2D eigenvalue weighted by Crippen LogP contribution is 2.60. The van der Waals surface area contributed by atoms with Gasteiger partial charge in [0.2, 0.25) is 11.8 Å². The van der Waals surface area contributed by atoms with E-state index in [0.29, 0.717) is 35.9 Å². The van der Waals surface area contributed by atoms with Gasteiger partial charge in [0.15, 0.2) is 0 Å².